The molecule has 222 valence electrons. The molecule has 0 atom stereocenters. The highest BCUT2D eigenvalue weighted by atomic mass is 19.1. The summed E-state index contributed by atoms with van der Waals surface area (Å²) in [5.74, 6) is 0.00737. The van der Waals surface area contributed by atoms with Crippen LogP contribution in [0.4, 0.5) is 4.39 Å². The smallest absolute Gasteiger partial charge is 0.216 e. The topological polar surface area (TPSA) is 17.0 Å². The average Bonchev–Trinajstić information content (AvgIpc) is 3.40. The van der Waals surface area contributed by atoms with Crippen molar-refractivity contribution in [3.63, 3.8) is 0 Å². The molecule has 0 N–H and O–H groups in total. The Labute approximate surface area is 258 Å². The second kappa shape index (κ2) is 11.6. The van der Waals surface area contributed by atoms with Crippen molar-refractivity contribution in [1.29, 1.82) is 0 Å². The van der Waals surface area contributed by atoms with E-state index in [0.29, 0.717) is 11.1 Å². The third kappa shape index (κ3) is 5.19. The molecule has 2 nitrogen and oxygen atoms in total. The number of benzene rings is 3. The molecule has 3 heteroatoms. The molecule has 2 aromatic heterocycles. The van der Waals surface area contributed by atoms with E-state index in [9.17, 15) is 1.37 Å². The summed E-state index contributed by atoms with van der Waals surface area (Å²) < 4.78 is 42.4. The number of fused-ring (bicyclic) bond motifs is 3. The van der Waals surface area contributed by atoms with E-state index in [2.05, 4.69) is 29.7 Å². The second-order valence-corrected chi connectivity index (χ2v) is 13.4. The Balaban J connectivity index is 1.26. The summed E-state index contributed by atoms with van der Waals surface area (Å²) in [5.41, 5.74) is 7.42. The lowest BCUT2D eigenvalue weighted by Gasteiger charge is -2.36. The highest BCUT2D eigenvalue weighted by Gasteiger charge is 2.29. The van der Waals surface area contributed by atoms with E-state index in [4.69, 9.17) is 5.79 Å². The van der Waals surface area contributed by atoms with Crippen LogP contribution in [0, 0.1) is 24.6 Å². The maximum Gasteiger partial charge on any atom is 0.216 e. The predicted octanol–water partition coefficient (Wildman–Crippen LogP) is 11.2. The third-order valence-electron chi connectivity index (χ3n) is 10.5. The van der Waals surface area contributed by atoms with Crippen molar-refractivity contribution >= 4 is 21.9 Å². The van der Waals surface area contributed by atoms with Crippen molar-refractivity contribution in [3.05, 3.63) is 89.4 Å². The van der Waals surface area contributed by atoms with Crippen LogP contribution < -0.4 is 4.57 Å². The van der Waals surface area contributed by atoms with Gasteiger partial charge in [-0.05, 0) is 90.6 Å². The lowest BCUT2D eigenvalue weighted by atomic mass is 9.70. The van der Waals surface area contributed by atoms with E-state index in [0.717, 1.165) is 87.4 Å². The van der Waals surface area contributed by atoms with Gasteiger partial charge in [0.05, 0.1) is 11.1 Å². The first-order valence-corrected chi connectivity index (χ1v) is 16.3. The average molecular weight is 577 g/mol. The van der Waals surface area contributed by atoms with E-state index in [1.807, 2.05) is 63.5 Å². The van der Waals surface area contributed by atoms with Gasteiger partial charge < -0.3 is 4.42 Å². The van der Waals surface area contributed by atoms with Crippen molar-refractivity contribution in [2.75, 3.05) is 0 Å². The van der Waals surface area contributed by atoms with Gasteiger partial charge >= 0.3 is 0 Å². The van der Waals surface area contributed by atoms with Crippen LogP contribution >= 0.6 is 0 Å². The standard InChI is InChI=1S/C40H45FNO/c1-25(2)32-22-23-42(4)36(24-32)37-26(3)10-19-33-34-20-21-35(41)38(40(34)43-39(33)37)31-17-15-30(16-18-31)29-13-11-28(12-14-29)27-8-6-5-7-9-27/h10,15-25,27-29H,5-9,11-14H2,1-4H3/q+1/i25D,29D. The van der Waals surface area contributed by atoms with Gasteiger partial charge in [0.2, 0.25) is 5.69 Å². The zero-order valence-electron chi connectivity index (χ0n) is 28.1. The molecule has 2 aliphatic carbocycles. The van der Waals surface area contributed by atoms with Gasteiger partial charge in [-0.1, -0.05) is 82.3 Å². The molecule has 7 rings (SSSR count). The Bertz CT molecular complexity index is 1870. The summed E-state index contributed by atoms with van der Waals surface area (Å²) in [6.45, 7) is 5.86. The minimum absolute atomic E-state index is 0.315. The molecule has 0 radical (unpaired) electrons. The van der Waals surface area contributed by atoms with Gasteiger partial charge in [-0.25, -0.2) is 8.96 Å². The Morgan fingerprint density at radius 2 is 1.47 bits per heavy atom. The number of hydrogen-bond acceptors (Lipinski definition) is 1. The Morgan fingerprint density at radius 3 is 2.16 bits per heavy atom. The Morgan fingerprint density at radius 1 is 0.814 bits per heavy atom. The van der Waals surface area contributed by atoms with E-state index < -0.39 is 11.8 Å². The Kier molecular flexibility index (Phi) is 6.99. The molecule has 2 heterocycles. The van der Waals surface area contributed by atoms with Gasteiger partial charge in [0, 0.05) is 25.6 Å². The van der Waals surface area contributed by atoms with E-state index >= 15 is 4.39 Å². The summed E-state index contributed by atoms with van der Waals surface area (Å²) in [7, 11) is 2.01. The first-order chi connectivity index (χ1) is 21.5. The number of rotatable bonds is 5. The maximum atomic E-state index is 15.7. The van der Waals surface area contributed by atoms with Gasteiger partial charge in [0.25, 0.3) is 0 Å². The first-order valence-electron chi connectivity index (χ1n) is 17.3. The van der Waals surface area contributed by atoms with E-state index in [1.165, 1.54) is 32.1 Å². The molecule has 0 saturated heterocycles. The number of aromatic nitrogens is 1. The van der Waals surface area contributed by atoms with Crippen LogP contribution in [-0.4, -0.2) is 0 Å². The monoisotopic (exact) mass is 576 g/mol. The van der Waals surface area contributed by atoms with Gasteiger partial charge in [0.1, 0.15) is 24.0 Å². The minimum Gasteiger partial charge on any atom is -0.454 e. The van der Waals surface area contributed by atoms with E-state index in [1.54, 1.807) is 6.07 Å². The number of hydrogen-bond donors (Lipinski definition) is 0. The lowest BCUT2D eigenvalue weighted by Crippen LogP contribution is -2.31. The maximum absolute atomic E-state index is 15.7. The van der Waals surface area contributed by atoms with Crippen molar-refractivity contribution < 1.29 is 16.1 Å². The fourth-order valence-electron chi connectivity index (χ4n) is 7.92. The minimum atomic E-state index is -0.743. The molecule has 2 saturated carbocycles. The van der Waals surface area contributed by atoms with Crippen LogP contribution in [0.25, 0.3) is 44.3 Å². The molecule has 3 aromatic carbocycles. The molecule has 0 amide bonds. The molecule has 0 bridgehead atoms. The highest BCUT2D eigenvalue weighted by Crippen LogP contribution is 2.45. The third-order valence-corrected chi connectivity index (χ3v) is 10.5. The fourth-order valence-corrected chi connectivity index (χ4v) is 7.92. The second-order valence-electron chi connectivity index (χ2n) is 13.4. The summed E-state index contributed by atoms with van der Waals surface area (Å²) in [4.78, 5) is 0. The van der Waals surface area contributed by atoms with Crippen LogP contribution in [0.2, 0.25) is 0 Å². The number of aryl methyl sites for hydroxylation is 2. The lowest BCUT2D eigenvalue weighted by molar-refractivity contribution is -0.660. The van der Waals surface area contributed by atoms with Crippen LogP contribution in [0.5, 0.6) is 0 Å². The highest BCUT2D eigenvalue weighted by molar-refractivity contribution is 6.13. The number of pyridine rings is 1. The molecule has 2 aliphatic rings. The molecule has 0 aliphatic heterocycles. The number of halogens is 1. The first kappa shape index (κ1) is 26.0. The van der Waals surface area contributed by atoms with Crippen LogP contribution in [0.3, 0.4) is 0 Å². The number of furan rings is 1. The zero-order valence-corrected chi connectivity index (χ0v) is 26.1. The quantitative estimate of drug-likeness (QED) is 0.190. The summed E-state index contributed by atoms with van der Waals surface area (Å²) >= 11 is 0. The van der Waals surface area contributed by atoms with Crippen molar-refractivity contribution in [2.24, 2.45) is 18.9 Å². The predicted molar refractivity (Wildman–Crippen MR) is 176 cm³/mol. The summed E-state index contributed by atoms with van der Waals surface area (Å²) in [6, 6.07) is 19.7. The van der Waals surface area contributed by atoms with Crippen molar-refractivity contribution in [2.45, 2.75) is 90.3 Å². The van der Waals surface area contributed by atoms with Crippen LogP contribution in [-0.2, 0) is 7.05 Å². The zero-order chi connectivity index (χ0) is 31.5. The molecule has 2 fully saturated rings. The molecular weight excluding hydrogens is 529 g/mol. The van der Waals surface area contributed by atoms with Gasteiger partial charge in [-0.15, -0.1) is 0 Å². The molecule has 5 aromatic rings. The molecular formula is C40H45FNO+. The fraction of sp³-hybridized carbons (Fsp3) is 0.425. The van der Waals surface area contributed by atoms with Crippen molar-refractivity contribution in [1.82, 2.24) is 0 Å². The van der Waals surface area contributed by atoms with Crippen molar-refractivity contribution in [3.8, 4) is 22.4 Å². The summed E-state index contributed by atoms with van der Waals surface area (Å²) in [6.07, 6.45) is 13.0. The number of nitrogens with zero attached hydrogens (tertiary/aromatic N) is 1. The SMILES string of the molecule is [2H]C(C)(C)c1cc[n+](C)c(-c2c(C)ccc3c2oc2c(-c4ccc(C5([2H])CCC(C6CCCCC6)CC5)cc4)c(F)ccc23)c1. The van der Waals surface area contributed by atoms with E-state index in [-0.39, 0.29) is 5.82 Å². The molecule has 0 spiro atoms. The van der Waals surface area contributed by atoms with Gasteiger partial charge in [0.15, 0.2) is 6.20 Å². The van der Waals surface area contributed by atoms with Gasteiger partial charge in [-0.3, -0.25) is 0 Å². The van der Waals surface area contributed by atoms with Crippen LogP contribution in [0.15, 0.2) is 71.3 Å². The molecule has 0 unspecified atom stereocenters. The normalized spacial score (nSPS) is 22.6. The van der Waals surface area contributed by atoms with Gasteiger partial charge in [-0.2, -0.15) is 0 Å². The molecule has 43 heavy (non-hydrogen) atoms. The Hall–Kier alpha value is -3.46. The summed E-state index contributed by atoms with van der Waals surface area (Å²) in [5, 5.41) is 1.82. The van der Waals surface area contributed by atoms with Crippen LogP contribution in [0.1, 0.15) is 103 Å². The largest absolute Gasteiger partial charge is 0.454 e.